The summed E-state index contributed by atoms with van der Waals surface area (Å²) in [7, 11) is 1.77. The third kappa shape index (κ3) is 2.48. The van der Waals surface area contributed by atoms with Gasteiger partial charge in [0.2, 0.25) is 0 Å². The monoisotopic (exact) mass is 280 g/mol. The summed E-state index contributed by atoms with van der Waals surface area (Å²) in [4.78, 5) is 2.45. The van der Waals surface area contributed by atoms with Crippen molar-refractivity contribution in [3.63, 3.8) is 0 Å². The molecule has 1 saturated heterocycles. The van der Waals surface area contributed by atoms with E-state index in [1.54, 1.807) is 7.11 Å². The Morgan fingerprint density at radius 3 is 2.71 bits per heavy atom. The van der Waals surface area contributed by atoms with Gasteiger partial charge in [-0.25, -0.2) is 0 Å². The van der Waals surface area contributed by atoms with E-state index in [9.17, 15) is 5.26 Å². The van der Waals surface area contributed by atoms with E-state index in [4.69, 9.17) is 4.74 Å². The van der Waals surface area contributed by atoms with Crippen molar-refractivity contribution in [3.05, 3.63) is 42.0 Å². The molecular formula is C18H20N2O. The highest BCUT2D eigenvalue weighted by molar-refractivity contribution is 5.98. The maximum atomic E-state index is 9.28. The standard InChI is InChI=1S/C18H20N2O/c1-13-9-14(12-21-2)11-20(13)18-8-7-15(10-19)16-5-3-4-6-17(16)18/h3-8,13-14H,9,11-12H2,1-2H3/t13-,14-/m1/s1. The minimum atomic E-state index is 0.501. The number of fused-ring (bicyclic) bond motifs is 1. The Morgan fingerprint density at radius 2 is 2.00 bits per heavy atom. The van der Waals surface area contributed by atoms with Gasteiger partial charge in [0, 0.05) is 42.1 Å². The Morgan fingerprint density at radius 1 is 1.24 bits per heavy atom. The Bertz CT molecular complexity index is 689. The quantitative estimate of drug-likeness (QED) is 0.862. The van der Waals surface area contributed by atoms with Crippen LogP contribution in [0.4, 0.5) is 5.69 Å². The molecule has 2 aromatic rings. The van der Waals surface area contributed by atoms with Crippen molar-refractivity contribution in [1.82, 2.24) is 0 Å². The van der Waals surface area contributed by atoms with E-state index in [0.717, 1.165) is 30.5 Å². The van der Waals surface area contributed by atoms with Crippen LogP contribution < -0.4 is 4.90 Å². The molecule has 0 bridgehead atoms. The van der Waals surface area contributed by atoms with Crippen LogP contribution in [0, 0.1) is 17.2 Å². The summed E-state index contributed by atoms with van der Waals surface area (Å²) in [5, 5.41) is 11.5. The van der Waals surface area contributed by atoms with Crippen molar-refractivity contribution in [1.29, 1.82) is 5.26 Å². The third-order valence-electron chi connectivity index (χ3n) is 4.39. The van der Waals surface area contributed by atoms with Gasteiger partial charge in [-0.05, 0) is 25.5 Å². The maximum absolute atomic E-state index is 9.28. The summed E-state index contributed by atoms with van der Waals surface area (Å²) >= 11 is 0. The molecule has 0 saturated carbocycles. The van der Waals surface area contributed by atoms with Crippen LogP contribution >= 0.6 is 0 Å². The molecular weight excluding hydrogens is 260 g/mol. The van der Waals surface area contributed by atoms with E-state index in [1.807, 2.05) is 24.3 Å². The Labute approximate surface area is 125 Å². The highest BCUT2D eigenvalue weighted by Crippen LogP contribution is 2.35. The molecule has 1 heterocycles. The zero-order valence-electron chi connectivity index (χ0n) is 12.5. The lowest BCUT2D eigenvalue weighted by atomic mass is 10.0. The minimum Gasteiger partial charge on any atom is -0.384 e. The Kier molecular flexibility index (Phi) is 3.81. The lowest BCUT2D eigenvalue weighted by Gasteiger charge is -2.25. The van der Waals surface area contributed by atoms with Gasteiger partial charge in [-0.15, -0.1) is 0 Å². The highest BCUT2D eigenvalue weighted by Gasteiger charge is 2.30. The van der Waals surface area contributed by atoms with Gasteiger partial charge in [0.25, 0.3) is 0 Å². The molecule has 0 aliphatic carbocycles. The van der Waals surface area contributed by atoms with Crippen LogP contribution in [0.5, 0.6) is 0 Å². The Balaban J connectivity index is 2.04. The molecule has 21 heavy (non-hydrogen) atoms. The van der Waals surface area contributed by atoms with Crippen LogP contribution in [-0.4, -0.2) is 26.3 Å². The molecule has 1 aliphatic rings. The van der Waals surface area contributed by atoms with Crippen molar-refractivity contribution in [2.75, 3.05) is 25.2 Å². The second kappa shape index (κ2) is 5.75. The number of methoxy groups -OCH3 is 1. The summed E-state index contributed by atoms with van der Waals surface area (Å²) in [6, 6.07) is 15.0. The van der Waals surface area contributed by atoms with Gasteiger partial charge in [0.1, 0.15) is 0 Å². The van der Waals surface area contributed by atoms with Gasteiger partial charge in [-0.1, -0.05) is 24.3 Å². The molecule has 1 fully saturated rings. The molecule has 0 spiro atoms. The summed E-state index contributed by atoms with van der Waals surface area (Å²) < 4.78 is 5.31. The van der Waals surface area contributed by atoms with E-state index < -0.39 is 0 Å². The van der Waals surface area contributed by atoms with Crippen LogP contribution in [0.1, 0.15) is 18.9 Å². The molecule has 3 heteroatoms. The second-order valence-electron chi connectivity index (χ2n) is 5.85. The average molecular weight is 280 g/mol. The molecule has 1 aliphatic heterocycles. The third-order valence-corrected chi connectivity index (χ3v) is 4.39. The molecule has 108 valence electrons. The zero-order chi connectivity index (χ0) is 14.8. The normalized spacial score (nSPS) is 21.7. The van der Waals surface area contributed by atoms with E-state index >= 15 is 0 Å². The molecule has 0 N–H and O–H groups in total. The summed E-state index contributed by atoms with van der Waals surface area (Å²) in [5.41, 5.74) is 1.98. The van der Waals surface area contributed by atoms with Crippen molar-refractivity contribution in [2.24, 2.45) is 5.92 Å². The molecule has 0 aromatic heterocycles. The fourth-order valence-electron chi connectivity index (χ4n) is 3.47. The van der Waals surface area contributed by atoms with Crippen molar-refractivity contribution >= 4 is 16.5 Å². The molecule has 3 nitrogen and oxygen atoms in total. The van der Waals surface area contributed by atoms with Crippen molar-refractivity contribution in [3.8, 4) is 6.07 Å². The highest BCUT2D eigenvalue weighted by atomic mass is 16.5. The number of ether oxygens (including phenoxy) is 1. The first-order valence-electron chi connectivity index (χ1n) is 7.42. The predicted octanol–water partition coefficient (Wildman–Crippen LogP) is 3.57. The first kappa shape index (κ1) is 13.9. The number of anilines is 1. The average Bonchev–Trinajstić information content (AvgIpc) is 2.87. The fraction of sp³-hybridized carbons (Fsp3) is 0.389. The van der Waals surface area contributed by atoms with Gasteiger partial charge in [-0.3, -0.25) is 0 Å². The smallest absolute Gasteiger partial charge is 0.0998 e. The van der Waals surface area contributed by atoms with Crippen molar-refractivity contribution < 1.29 is 4.74 Å². The van der Waals surface area contributed by atoms with Crippen LogP contribution in [0.2, 0.25) is 0 Å². The number of rotatable bonds is 3. The topological polar surface area (TPSA) is 36.3 Å². The first-order valence-corrected chi connectivity index (χ1v) is 7.42. The van der Waals surface area contributed by atoms with E-state index in [0.29, 0.717) is 12.0 Å². The second-order valence-corrected chi connectivity index (χ2v) is 5.85. The van der Waals surface area contributed by atoms with Gasteiger partial charge in [0.05, 0.1) is 18.2 Å². The molecule has 2 aromatic carbocycles. The van der Waals surface area contributed by atoms with Gasteiger partial charge in [0.15, 0.2) is 0 Å². The van der Waals surface area contributed by atoms with Crippen LogP contribution in [0.15, 0.2) is 36.4 Å². The first-order chi connectivity index (χ1) is 10.2. The molecule has 0 unspecified atom stereocenters. The summed E-state index contributed by atoms with van der Waals surface area (Å²) in [5.74, 6) is 0.583. The van der Waals surface area contributed by atoms with Gasteiger partial charge in [-0.2, -0.15) is 5.26 Å². The molecule has 0 amide bonds. The van der Waals surface area contributed by atoms with Crippen LogP contribution in [0.25, 0.3) is 10.8 Å². The van der Waals surface area contributed by atoms with Crippen molar-refractivity contribution in [2.45, 2.75) is 19.4 Å². The number of hydrogen-bond donors (Lipinski definition) is 0. The van der Waals surface area contributed by atoms with Gasteiger partial charge < -0.3 is 9.64 Å². The largest absolute Gasteiger partial charge is 0.384 e. The summed E-state index contributed by atoms with van der Waals surface area (Å²) in [6.45, 7) is 4.10. The minimum absolute atomic E-state index is 0.501. The fourth-order valence-corrected chi connectivity index (χ4v) is 3.47. The lowest BCUT2D eigenvalue weighted by Crippen LogP contribution is -2.27. The molecule has 0 radical (unpaired) electrons. The number of nitrogens with zero attached hydrogens (tertiary/aromatic N) is 2. The predicted molar refractivity (Wildman–Crippen MR) is 85.5 cm³/mol. The van der Waals surface area contributed by atoms with E-state index in [2.05, 4.69) is 30.0 Å². The molecule has 2 atom stereocenters. The van der Waals surface area contributed by atoms with Gasteiger partial charge >= 0.3 is 0 Å². The molecule has 3 rings (SSSR count). The zero-order valence-corrected chi connectivity index (χ0v) is 12.5. The van der Waals surface area contributed by atoms with Crippen LogP contribution in [-0.2, 0) is 4.74 Å². The SMILES string of the molecule is COC[C@@H]1C[C@@H](C)N(c2ccc(C#N)c3ccccc23)C1. The summed E-state index contributed by atoms with van der Waals surface area (Å²) in [6.07, 6.45) is 1.15. The maximum Gasteiger partial charge on any atom is 0.0998 e. The number of hydrogen-bond acceptors (Lipinski definition) is 3. The Hall–Kier alpha value is -2.05. The van der Waals surface area contributed by atoms with E-state index in [1.165, 1.54) is 11.1 Å². The van der Waals surface area contributed by atoms with E-state index in [-0.39, 0.29) is 0 Å². The lowest BCUT2D eigenvalue weighted by molar-refractivity contribution is 0.159. The number of nitriles is 1. The van der Waals surface area contributed by atoms with Crippen LogP contribution in [0.3, 0.4) is 0 Å². The number of benzene rings is 2.